The minimum absolute atomic E-state index is 0.189. The highest BCUT2D eigenvalue weighted by Crippen LogP contribution is 2.26. The van der Waals surface area contributed by atoms with E-state index >= 15 is 0 Å². The Kier molecular flexibility index (Phi) is 6.64. The van der Waals surface area contributed by atoms with Crippen LogP contribution in [0.15, 0.2) is 36.4 Å². The van der Waals surface area contributed by atoms with E-state index in [1.807, 2.05) is 0 Å². The molecule has 0 aromatic heterocycles. The zero-order valence-corrected chi connectivity index (χ0v) is 15.7. The van der Waals surface area contributed by atoms with E-state index in [-0.39, 0.29) is 11.7 Å². The van der Waals surface area contributed by atoms with Crippen LogP contribution in [0, 0.1) is 5.82 Å². The van der Waals surface area contributed by atoms with Crippen molar-refractivity contribution in [1.29, 1.82) is 0 Å². The summed E-state index contributed by atoms with van der Waals surface area (Å²) in [4.78, 5) is 14.2. The Morgan fingerprint density at radius 1 is 1.28 bits per heavy atom. The van der Waals surface area contributed by atoms with Crippen LogP contribution in [-0.4, -0.2) is 31.0 Å². The monoisotopic (exact) mass is 384 g/mol. The fourth-order valence-electron chi connectivity index (χ4n) is 2.26. The molecule has 0 fully saturated rings. The molecule has 2 aromatic carbocycles. The Hall–Kier alpha value is -1.82. The number of hydrogen-bond donors (Lipinski definition) is 1. The van der Waals surface area contributed by atoms with Crippen molar-refractivity contribution in [1.82, 2.24) is 4.90 Å². The van der Waals surface area contributed by atoms with Gasteiger partial charge in [0.05, 0.1) is 23.9 Å². The highest BCUT2D eigenvalue weighted by Gasteiger charge is 2.19. The number of benzene rings is 2. The zero-order valence-electron chi connectivity index (χ0n) is 14.1. The molecule has 0 saturated heterocycles. The second kappa shape index (κ2) is 8.52. The lowest BCUT2D eigenvalue weighted by atomic mass is 10.1. The third-order valence-corrected chi connectivity index (χ3v) is 4.43. The molecule has 0 aliphatic carbocycles. The summed E-state index contributed by atoms with van der Waals surface area (Å²) in [6.07, 6.45) is 0. The van der Waals surface area contributed by atoms with Gasteiger partial charge in [0.2, 0.25) is 5.91 Å². The molecule has 7 heteroatoms. The van der Waals surface area contributed by atoms with E-state index < -0.39 is 11.9 Å². The number of ether oxygens (including phenoxy) is 1. The van der Waals surface area contributed by atoms with E-state index in [2.05, 4.69) is 5.32 Å². The number of methoxy groups -OCH3 is 1. The average Bonchev–Trinajstić information content (AvgIpc) is 2.56. The molecule has 134 valence electrons. The molecule has 0 saturated carbocycles. The Bertz CT molecular complexity index is 771. The van der Waals surface area contributed by atoms with E-state index in [0.717, 1.165) is 5.56 Å². The summed E-state index contributed by atoms with van der Waals surface area (Å²) in [6, 6.07) is 9.14. The van der Waals surface area contributed by atoms with Gasteiger partial charge in [-0.05, 0) is 49.9 Å². The lowest BCUT2D eigenvalue weighted by Crippen LogP contribution is -2.39. The number of anilines is 1. The lowest BCUT2D eigenvalue weighted by Gasteiger charge is -2.24. The summed E-state index contributed by atoms with van der Waals surface area (Å²) < 4.78 is 18.7. The maximum absolute atomic E-state index is 13.8. The van der Waals surface area contributed by atoms with Crippen LogP contribution in [0.3, 0.4) is 0 Å². The SMILES string of the molecule is COc1ccc(CN(C)[C@@H](C)C(=O)Nc2ccc(Cl)cc2Cl)cc1F. The number of nitrogens with one attached hydrogen (secondary N) is 1. The molecule has 0 bridgehead atoms. The average molecular weight is 385 g/mol. The van der Waals surface area contributed by atoms with Crippen LogP contribution in [0.4, 0.5) is 10.1 Å². The summed E-state index contributed by atoms with van der Waals surface area (Å²) >= 11 is 11.9. The topological polar surface area (TPSA) is 41.6 Å². The van der Waals surface area contributed by atoms with Gasteiger partial charge in [-0.15, -0.1) is 0 Å². The van der Waals surface area contributed by atoms with Gasteiger partial charge >= 0.3 is 0 Å². The second-order valence-electron chi connectivity index (χ2n) is 5.67. The van der Waals surface area contributed by atoms with Gasteiger partial charge in [0, 0.05) is 11.6 Å². The van der Waals surface area contributed by atoms with Crippen LogP contribution in [0.1, 0.15) is 12.5 Å². The Morgan fingerprint density at radius 3 is 2.60 bits per heavy atom. The van der Waals surface area contributed by atoms with Crippen molar-refractivity contribution in [3.05, 3.63) is 57.8 Å². The molecule has 25 heavy (non-hydrogen) atoms. The van der Waals surface area contributed by atoms with Gasteiger partial charge < -0.3 is 10.1 Å². The highest BCUT2D eigenvalue weighted by molar-refractivity contribution is 6.36. The van der Waals surface area contributed by atoms with Crippen LogP contribution >= 0.6 is 23.2 Å². The molecule has 0 spiro atoms. The van der Waals surface area contributed by atoms with Gasteiger partial charge in [0.15, 0.2) is 11.6 Å². The number of hydrogen-bond acceptors (Lipinski definition) is 3. The van der Waals surface area contributed by atoms with E-state index in [4.69, 9.17) is 27.9 Å². The maximum Gasteiger partial charge on any atom is 0.241 e. The van der Waals surface area contributed by atoms with Crippen molar-refractivity contribution in [2.45, 2.75) is 19.5 Å². The van der Waals surface area contributed by atoms with Crippen LogP contribution in [0.5, 0.6) is 5.75 Å². The largest absolute Gasteiger partial charge is 0.494 e. The van der Waals surface area contributed by atoms with Crippen molar-refractivity contribution in [2.75, 3.05) is 19.5 Å². The molecular formula is C18H19Cl2FN2O2. The smallest absolute Gasteiger partial charge is 0.241 e. The molecule has 0 radical (unpaired) electrons. The first-order valence-electron chi connectivity index (χ1n) is 7.60. The van der Waals surface area contributed by atoms with Gasteiger partial charge in [-0.1, -0.05) is 29.3 Å². The van der Waals surface area contributed by atoms with Crippen molar-refractivity contribution in [3.63, 3.8) is 0 Å². The minimum atomic E-state index is -0.447. The second-order valence-corrected chi connectivity index (χ2v) is 6.52. The number of amides is 1. The number of likely N-dealkylation sites (N-methyl/N-ethyl adjacent to an activating group) is 1. The van der Waals surface area contributed by atoms with E-state index in [9.17, 15) is 9.18 Å². The third-order valence-electron chi connectivity index (χ3n) is 3.88. The van der Waals surface area contributed by atoms with Crippen LogP contribution in [0.25, 0.3) is 0 Å². The van der Waals surface area contributed by atoms with E-state index in [1.54, 1.807) is 49.2 Å². The number of halogens is 3. The van der Waals surface area contributed by atoms with Crippen LogP contribution in [0.2, 0.25) is 10.0 Å². The van der Waals surface area contributed by atoms with E-state index in [1.165, 1.54) is 13.2 Å². The van der Waals surface area contributed by atoms with Gasteiger partial charge in [0.1, 0.15) is 0 Å². The Morgan fingerprint density at radius 2 is 2.00 bits per heavy atom. The molecule has 2 aromatic rings. The lowest BCUT2D eigenvalue weighted by molar-refractivity contribution is -0.120. The standard InChI is InChI=1S/C18H19Cl2FN2O2/c1-11(18(24)22-16-6-5-13(19)9-14(16)20)23(2)10-12-4-7-17(25-3)15(21)8-12/h4-9,11H,10H2,1-3H3,(H,22,24)/t11-/m0/s1. The van der Waals surface area contributed by atoms with E-state index in [0.29, 0.717) is 22.3 Å². The molecule has 1 amide bonds. The fraction of sp³-hybridized carbons (Fsp3) is 0.278. The quantitative estimate of drug-likeness (QED) is 0.790. The molecule has 1 N–H and O–H groups in total. The molecule has 0 aliphatic rings. The summed E-state index contributed by atoms with van der Waals surface area (Å²) in [5.74, 6) is -0.464. The normalized spacial score (nSPS) is 12.1. The summed E-state index contributed by atoms with van der Waals surface area (Å²) in [6.45, 7) is 2.17. The molecule has 2 rings (SSSR count). The maximum atomic E-state index is 13.8. The van der Waals surface area contributed by atoms with Crippen LogP contribution < -0.4 is 10.1 Å². The Labute approximate surface area is 156 Å². The molecule has 0 unspecified atom stereocenters. The van der Waals surface area contributed by atoms with Gasteiger partial charge in [-0.3, -0.25) is 9.69 Å². The number of carbonyl (C=O) groups is 1. The summed E-state index contributed by atoms with van der Waals surface area (Å²) in [5.41, 5.74) is 1.23. The Balaban J connectivity index is 2.02. The first kappa shape index (κ1) is 19.5. The van der Waals surface area contributed by atoms with Crippen molar-refractivity contribution >= 4 is 34.8 Å². The molecule has 0 heterocycles. The molecule has 4 nitrogen and oxygen atoms in total. The predicted octanol–water partition coefficient (Wildman–Crippen LogP) is 4.60. The molecule has 1 atom stereocenters. The minimum Gasteiger partial charge on any atom is -0.494 e. The highest BCUT2D eigenvalue weighted by atomic mass is 35.5. The molecule has 0 aliphatic heterocycles. The zero-order chi connectivity index (χ0) is 18.6. The van der Waals surface area contributed by atoms with Crippen LogP contribution in [-0.2, 0) is 11.3 Å². The van der Waals surface area contributed by atoms with Gasteiger partial charge in [-0.25, -0.2) is 4.39 Å². The van der Waals surface area contributed by atoms with Crippen molar-refractivity contribution in [2.24, 2.45) is 0 Å². The number of nitrogens with zero attached hydrogens (tertiary/aromatic N) is 1. The molecular weight excluding hydrogens is 366 g/mol. The summed E-state index contributed by atoms with van der Waals surface area (Å²) in [5, 5.41) is 3.63. The van der Waals surface area contributed by atoms with Gasteiger partial charge in [-0.2, -0.15) is 0 Å². The van der Waals surface area contributed by atoms with Crippen molar-refractivity contribution < 1.29 is 13.9 Å². The fourth-order valence-corrected chi connectivity index (χ4v) is 2.72. The number of rotatable bonds is 6. The summed E-state index contributed by atoms with van der Waals surface area (Å²) in [7, 11) is 3.20. The van der Waals surface area contributed by atoms with Crippen molar-refractivity contribution in [3.8, 4) is 5.75 Å². The third kappa shape index (κ3) is 5.08. The predicted molar refractivity (Wildman–Crippen MR) is 99.0 cm³/mol. The number of carbonyl (C=O) groups excluding carboxylic acids is 1. The first-order valence-corrected chi connectivity index (χ1v) is 8.36. The first-order chi connectivity index (χ1) is 11.8. The van der Waals surface area contributed by atoms with Gasteiger partial charge in [0.25, 0.3) is 0 Å².